The second-order valence-corrected chi connectivity index (χ2v) is 8.50. The molecule has 2 aromatic rings. The zero-order valence-electron chi connectivity index (χ0n) is 13.9. The van der Waals surface area contributed by atoms with Crippen LogP contribution in [-0.2, 0) is 10.0 Å². The Hall–Kier alpha value is -1.47. The van der Waals surface area contributed by atoms with E-state index in [-0.39, 0.29) is 16.8 Å². The van der Waals surface area contributed by atoms with Crippen molar-refractivity contribution in [3.8, 4) is 0 Å². The lowest BCUT2D eigenvalue weighted by molar-refractivity contribution is 0.146. The minimum atomic E-state index is -3.50. The molecule has 0 aromatic heterocycles. The molecule has 1 fully saturated rings. The number of nitrogens with zero attached hydrogens (tertiary/aromatic N) is 2. The van der Waals surface area contributed by atoms with Crippen LogP contribution in [0.2, 0.25) is 5.02 Å². The van der Waals surface area contributed by atoms with Crippen molar-refractivity contribution in [1.82, 2.24) is 9.21 Å². The van der Waals surface area contributed by atoms with Crippen LogP contribution in [0.4, 0.5) is 4.39 Å². The SMILES string of the molecule is C[C@H](c1ccc(F)cc1)N1CCN(S(=O)(=O)c2ccc(Cl)cc2)CC1. The zero-order valence-corrected chi connectivity index (χ0v) is 15.5. The van der Waals surface area contributed by atoms with E-state index in [0.717, 1.165) is 5.56 Å². The average Bonchev–Trinajstić information content (AvgIpc) is 2.62. The van der Waals surface area contributed by atoms with Gasteiger partial charge in [0.15, 0.2) is 0 Å². The van der Waals surface area contributed by atoms with Crippen LogP contribution in [0.3, 0.4) is 0 Å². The van der Waals surface area contributed by atoms with Gasteiger partial charge in [-0.1, -0.05) is 23.7 Å². The lowest BCUT2D eigenvalue weighted by Gasteiger charge is -2.37. The molecule has 0 spiro atoms. The Kier molecular flexibility index (Phi) is 5.43. The molecule has 25 heavy (non-hydrogen) atoms. The Morgan fingerprint density at radius 2 is 1.52 bits per heavy atom. The van der Waals surface area contributed by atoms with Crippen molar-refractivity contribution in [2.75, 3.05) is 26.2 Å². The van der Waals surface area contributed by atoms with Crippen molar-refractivity contribution in [1.29, 1.82) is 0 Å². The van der Waals surface area contributed by atoms with Gasteiger partial charge in [0.05, 0.1) is 4.90 Å². The fourth-order valence-electron chi connectivity index (χ4n) is 3.04. The zero-order chi connectivity index (χ0) is 18.0. The van der Waals surface area contributed by atoms with Gasteiger partial charge in [0, 0.05) is 37.2 Å². The van der Waals surface area contributed by atoms with Crippen LogP contribution in [0, 0.1) is 5.82 Å². The van der Waals surface area contributed by atoms with Gasteiger partial charge in [-0.25, -0.2) is 12.8 Å². The lowest BCUT2D eigenvalue weighted by atomic mass is 10.1. The minimum absolute atomic E-state index is 0.112. The predicted octanol–water partition coefficient (Wildman–Crippen LogP) is 3.55. The molecular weight excluding hydrogens is 363 g/mol. The van der Waals surface area contributed by atoms with E-state index >= 15 is 0 Å². The predicted molar refractivity (Wildman–Crippen MR) is 96.6 cm³/mol. The lowest BCUT2D eigenvalue weighted by Crippen LogP contribution is -2.49. The van der Waals surface area contributed by atoms with Crippen LogP contribution in [0.15, 0.2) is 53.4 Å². The fraction of sp³-hybridized carbons (Fsp3) is 0.333. The van der Waals surface area contributed by atoms with E-state index < -0.39 is 10.0 Å². The van der Waals surface area contributed by atoms with Crippen LogP contribution < -0.4 is 0 Å². The normalized spacial score (nSPS) is 18.2. The van der Waals surface area contributed by atoms with Gasteiger partial charge in [-0.05, 0) is 48.9 Å². The molecule has 1 heterocycles. The van der Waals surface area contributed by atoms with Crippen molar-refractivity contribution in [2.24, 2.45) is 0 Å². The number of piperazine rings is 1. The van der Waals surface area contributed by atoms with Gasteiger partial charge in [-0.2, -0.15) is 4.31 Å². The topological polar surface area (TPSA) is 40.6 Å². The average molecular weight is 383 g/mol. The van der Waals surface area contributed by atoms with Gasteiger partial charge in [0.25, 0.3) is 0 Å². The highest BCUT2D eigenvalue weighted by atomic mass is 35.5. The second-order valence-electron chi connectivity index (χ2n) is 6.12. The van der Waals surface area contributed by atoms with Crippen molar-refractivity contribution in [3.63, 3.8) is 0 Å². The van der Waals surface area contributed by atoms with Crippen molar-refractivity contribution >= 4 is 21.6 Å². The molecule has 1 saturated heterocycles. The maximum Gasteiger partial charge on any atom is 0.243 e. The number of benzene rings is 2. The Morgan fingerprint density at radius 1 is 0.960 bits per heavy atom. The molecule has 0 saturated carbocycles. The van der Waals surface area contributed by atoms with Gasteiger partial charge in [0.1, 0.15) is 5.82 Å². The summed E-state index contributed by atoms with van der Waals surface area (Å²) in [6.07, 6.45) is 0. The Labute approximate surface area is 152 Å². The molecular formula is C18H20ClFN2O2S. The third-order valence-electron chi connectivity index (χ3n) is 4.62. The molecule has 2 aromatic carbocycles. The molecule has 0 amide bonds. The highest BCUT2D eigenvalue weighted by Gasteiger charge is 2.30. The molecule has 1 aliphatic heterocycles. The van der Waals surface area contributed by atoms with E-state index in [0.29, 0.717) is 31.2 Å². The highest BCUT2D eigenvalue weighted by Crippen LogP contribution is 2.25. The smallest absolute Gasteiger partial charge is 0.243 e. The first kappa shape index (κ1) is 18.3. The maximum atomic E-state index is 13.1. The molecule has 1 atom stereocenters. The largest absolute Gasteiger partial charge is 0.294 e. The van der Waals surface area contributed by atoms with Crippen molar-refractivity contribution < 1.29 is 12.8 Å². The standard InChI is InChI=1S/C18H20ClFN2O2S/c1-14(15-2-6-17(20)7-3-15)21-10-12-22(13-11-21)25(23,24)18-8-4-16(19)5-9-18/h2-9,14H,10-13H2,1H3/t14-/m1/s1. The van der Waals surface area contributed by atoms with Crippen LogP contribution in [0.1, 0.15) is 18.5 Å². The van der Waals surface area contributed by atoms with Crippen molar-refractivity contribution in [3.05, 3.63) is 64.9 Å². The van der Waals surface area contributed by atoms with Gasteiger partial charge < -0.3 is 0 Å². The van der Waals surface area contributed by atoms with Gasteiger partial charge in [-0.3, -0.25) is 4.90 Å². The molecule has 134 valence electrons. The summed E-state index contributed by atoms with van der Waals surface area (Å²) in [6, 6.07) is 12.8. The molecule has 0 unspecified atom stereocenters. The summed E-state index contributed by atoms with van der Waals surface area (Å²) in [5, 5.41) is 0.511. The quantitative estimate of drug-likeness (QED) is 0.812. The Balaban J connectivity index is 1.67. The number of halogens is 2. The van der Waals surface area contributed by atoms with Gasteiger partial charge >= 0.3 is 0 Å². The van der Waals surface area contributed by atoms with Gasteiger partial charge in [-0.15, -0.1) is 0 Å². The number of sulfonamides is 1. The molecule has 0 bridgehead atoms. The first-order chi connectivity index (χ1) is 11.9. The molecule has 0 aliphatic carbocycles. The van der Waals surface area contributed by atoms with E-state index in [1.807, 2.05) is 0 Å². The maximum absolute atomic E-state index is 13.1. The molecule has 1 aliphatic rings. The van der Waals surface area contributed by atoms with E-state index in [1.165, 1.54) is 28.6 Å². The molecule has 0 radical (unpaired) electrons. The van der Waals surface area contributed by atoms with E-state index in [2.05, 4.69) is 11.8 Å². The van der Waals surface area contributed by atoms with Crippen LogP contribution >= 0.6 is 11.6 Å². The third-order valence-corrected chi connectivity index (χ3v) is 6.79. The molecule has 7 heteroatoms. The van der Waals surface area contributed by atoms with Crippen LogP contribution in [0.25, 0.3) is 0 Å². The summed E-state index contributed by atoms with van der Waals surface area (Å²) >= 11 is 5.83. The summed E-state index contributed by atoms with van der Waals surface area (Å²) in [4.78, 5) is 2.47. The first-order valence-corrected chi connectivity index (χ1v) is 9.95. The fourth-order valence-corrected chi connectivity index (χ4v) is 4.59. The summed E-state index contributed by atoms with van der Waals surface area (Å²) in [6.45, 7) is 4.17. The number of hydrogen-bond acceptors (Lipinski definition) is 3. The summed E-state index contributed by atoms with van der Waals surface area (Å²) in [7, 11) is -3.50. The van der Waals surface area contributed by atoms with E-state index in [9.17, 15) is 12.8 Å². The summed E-state index contributed by atoms with van der Waals surface area (Å²) < 4.78 is 40.0. The Bertz CT molecular complexity index is 817. The number of rotatable bonds is 4. The second kappa shape index (κ2) is 7.41. The van der Waals surface area contributed by atoms with Crippen LogP contribution in [-0.4, -0.2) is 43.8 Å². The number of hydrogen-bond donors (Lipinski definition) is 0. The first-order valence-electron chi connectivity index (χ1n) is 8.13. The molecule has 0 N–H and O–H groups in total. The minimum Gasteiger partial charge on any atom is -0.294 e. The highest BCUT2D eigenvalue weighted by molar-refractivity contribution is 7.89. The van der Waals surface area contributed by atoms with Crippen molar-refractivity contribution in [2.45, 2.75) is 17.9 Å². The monoisotopic (exact) mass is 382 g/mol. The Morgan fingerprint density at radius 3 is 2.08 bits per heavy atom. The molecule has 3 rings (SSSR count). The van der Waals surface area contributed by atoms with E-state index in [4.69, 9.17) is 11.6 Å². The van der Waals surface area contributed by atoms with Gasteiger partial charge in [0.2, 0.25) is 10.0 Å². The third kappa shape index (κ3) is 4.03. The summed E-state index contributed by atoms with van der Waals surface area (Å²) in [5.41, 5.74) is 1.02. The van der Waals surface area contributed by atoms with Crippen LogP contribution in [0.5, 0.6) is 0 Å². The summed E-state index contributed by atoms with van der Waals surface area (Å²) in [5.74, 6) is -0.255. The molecule has 4 nitrogen and oxygen atoms in total. The van der Waals surface area contributed by atoms with E-state index in [1.54, 1.807) is 24.3 Å².